The molecule has 0 bridgehead atoms. The number of hydrogen-bond donors (Lipinski definition) is 1. The maximum Gasteiger partial charge on any atom is 0.408 e. The van der Waals surface area contributed by atoms with Gasteiger partial charge in [-0.25, -0.2) is 8.42 Å². The Morgan fingerprint density at radius 2 is 1.76 bits per heavy atom. The van der Waals surface area contributed by atoms with E-state index in [2.05, 4.69) is 0 Å². The van der Waals surface area contributed by atoms with Gasteiger partial charge in [-0.2, -0.15) is 17.9 Å². The lowest BCUT2D eigenvalue weighted by Gasteiger charge is -2.39. The van der Waals surface area contributed by atoms with Gasteiger partial charge in [-0.05, 0) is 58.7 Å². The fourth-order valence-electron chi connectivity index (χ4n) is 3.09. The predicted octanol–water partition coefficient (Wildman–Crippen LogP) is 3.47. The average Bonchev–Trinajstić information content (AvgIpc) is 2.70. The topological polar surface area (TPSA) is 49.4 Å². The third-order valence-electron chi connectivity index (χ3n) is 4.71. The van der Waals surface area contributed by atoms with E-state index in [1.807, 2.05) is 18.6 Å². The minimum Gasteiger partial charge on any atom is -0.299 e. The highest BCUT2D eigenvalue weighted by molar-refractivity contribution is 7.89. The van der Waals surface area contributed by atoms with Crippen LogP contribution in [-0.4, -0.2) is 44.2 Å². The van der Waals surface area contributed by atoms with Crippen LogP contribution < -0.4 is 4.72 Å². The molecule has 2 rings (SSSR count). The van der Waals surface area contributed by atoms with Crippen LogP contribution in [0.25, 0.3) is 0 Å². The highest BCUT2D eigenvalue weighted by Gasteiger charge is 2.57. The van der Waals surface area contributed by atoms with Gasteiger partial charge < -0.3 is 0 Å². The normalized spacial score (nSPS) is 23.6. The summed E-state index contributed by atoms with van der Waals surface area (Å²) in [6, 6.07) is 5.71. The van der Waals surface area contributed by atoms with E-state index in [-0.39, 0.29) is 23.9 Å². The number of likely N-dealkylation sites (tertiary alicyclic amines) is 1. The molecule has 1 N–H and O–H groups in total. The minimum atomic E-state index is -4.68. The Hall–Kier alpha value is -1.12. The number of rotatable bonds is 4. The molecule has 1 heterocycles. The second-order valence-electron chi connectivity index (χ2n) is 7.02. The molecular weight excluding hydrogens is 353 g/mol. The number of benzene rings is 1. The minimum absolute atomic E-state index is 0.0938. The molecule has 25 heavy (non-hydrogen) atoms. The Kier molecular flexibility index (Phi) is 5.85. The number of aryl methyl sites for hydroxylation is 1. The molecule has 1 unspecified atom stereocenters. The monoisotopic (exact) mass is 378 g/mol. The summed E-state index contributed by atoms with van der Waals surface area (Å²) < 4.78 is 69.2. The quantitative estimate of drug-likeness (QED) is 0.873. The first-order chi connectivity index (χ1) is 11.5. The molecule has 4 nitrogen and oxygen atoms in total. The van der Waals surface area contributed by atoms with Crippen molar-refractivity contribution in [3.05, 3.63) is 29.8 Å². The first-order valence-electron chi connectivity index (χ1n) is 8.38. The predicted molar refractivity (Wildman–Crippen MR) is 90.8 cm³/mol. The Morgan fingerprint density at radius 3 is 2.28 bits per heavy atom. The van der Waals surface area contributed by atoms with Crippen molar-refractivity contribution < 1.29 is 21.6 Å². The van der Waals surface area contributed by atoms with Crippen molar-refractivity contribution in [2.75, 3.05) is 13.1 Å². The standard InChI is InChI=1S/C17H25F3N2O2S/c1-13(2)22-11-5-4-10-16(12-22,17(18,19)20)21-25(23,24)15-8-6-14(3)7-9-15/h6-9,13,21H,4-5,10-12H2,1-3H3. The van der Waals surface area contributed by atoms with Gasteiger partial charge in [0.15, 0.2) is 0 Å². The molecule has 1 aromatic rings. The zero-order valence-corrected chi connectivity index (χ0v) is 15.5. The van der Waals surface area contributed by atoms with Crippen LogP contribution in [0.15, 0.2) is 29.2 Å². The first kappa shape index (κ1) is 20.2. The molecule has 142 valence electrons. The maximum absolute atomic E-state index is 14.0. The lowest BCUT2D eigenvalue weighted by Crippen LogP contribution is -2.64. The van der Waals surface area contributed by atoms with Gasteiger partial charge in [-0.1, -0.05) is 17.7 Å². The summed E-state index contributed by atoms with van der Waals surface area (Å²) >= 11 is 0. The fourth-order valence-corrected chi connectivity index (χ4v) is 4.50. The molecule has 0 aliphatic carbocycles. The Bertz CT molecular complexity index is 687. The van der Waals surface area contributed by atoms with Gasteiger partial charge in [0.2, 0.25) is 10.0 Å². The smallest absolute Gasteiger partial charge is 0.299 e. The van der Waals surface area contributed by atoms with E-state index < -0.39 is 21.7 Å². The number of nitrogens with zero attached hydrogens (tertiary/aromatic N) is 1. The number of nitrogens with one attached hydrogen (secondary N) is 1. The number of sulfonamides is 1. The largest absolute Gasteiger partial charge is 0.408 e. The van der Waals surface area contributed by atoms with Crippen LogP contribution in [0.2, 0.25) is 0 Å². The Balaban J connectivity index is 2.42. The fraction of sp³-hybridized carbons (Fsp3) is 0.647. The van der Waals surface area contributed by atoms with Gasteiger partial charge in [0, 0.05) is 12.6 Å². The van der Waals surface area contributed by atoms with Crippen molar-refractivity contribution in [2.45, 2.75) is 62.7 Å². The second kappa shape index (κ2) is 7.25. The summed E-state index contributed by atoms with van der Waals surface area (Å²) in [5.41, 5.74) is -1.64. The highest BCUT2D eigenvalue weighted by atomic mass is 32.2. The molecule has 0 aromatic heterocycles. The average molecular weight is 378 g/mol. The Labute approximate surface area is 147 Å². The van der Waals surface area contributed by atoms with E-state index in [4.69, 9.17) is 0 Å². The molecule has 1 aromatic carbocycles. The van der Waals surface area contributed by atoms with Crippen molar-refractivity contribution >= 4 is 10.0 Å². The van der Waals surface area contributed by atoms with Crippen LogP contribution in [0.3, 0.4) is 0 Å². The molecular formula is C17H25F3N2O2S. The van der Waals surface area contributed by atoms with E-state index in [1.54, 1.807) is 24.0 Å². The van der Waals surface area contributed by atoms with Gasteiger partial charge >= 0.3 is 6.18 Å². The van der Waals surface area contributed by atoms with Gasteiger partial charge in [0.1, 0.15) is 5.54 Å². The number of alkyl halides is 3. The summed E-state index contributed by atoms with van der Waals surface area (Å²) in [6.07, 6.45) is -4.01. The van der Waals surface area contributed by atoms with Gasteiger partial charge in [0.25, 0.3) is 0 Å². The van der Waals surface area contributed by atoms with E-state index in [1.165, 1.54) is 12.1 Å². The van der Waals surface area contributed by atoms with Crippen molar-refractivity contribution in [1.29, 1.82) is 0 Å². The molecule has 8 heteroatoms. The van der Waals surface area contributed by atoms with Gasteiger partial charge in [-0.3, -0.25) is 4.90 Å². The lowest BCUT2D eigenvalue weighted by molar-refractivity contribution is -0.197. The van der Waals surface area contributed by atoms with Crippen LogP contribution in [0.5, 0.6) is 0 Å². The SMILES string of the molecule is Cc1ccc(S(=O)(=O)NC2(C(F)(F)F)CCCCN(C(C)C)C2)cc1. The molecule has 0 amide bonds. The van der Waals surface area contributed by atoms with Crippen molar-refractivity contribution in [3.8, 4) is 0 Å². The van der Waals surface area contributed by atoms with Crippen LogP contribution in [-0.2, 0) is 10.0 Å². The van der Waals surface area contributed by atoms with Crippen LogP contribution in [0.4, 0.5) is 13.2 Å². The molecule has 0 radical (unpaired) electrons. The van der Waals surface area contributed by atoms with Gasteiger partial charge in [0.05, 0.1) is 4.90 Å². The summed E-state index contributed by atoms with van der Waals surface area (Å²) in [7, 11) is -4.28. The van der Waals surface area contributed by atoms with E-state index >= 15 is 0 Å². The lowest BCUT2D eigenvalue weighted by atomic mass is 9.93. The second-order valence-corrected chi connectivity index (χ2v) is 8.70. The Morgan fingerprint density at radius 1 is 1.16 bits per heavy atom. The maximum atomic E-state index is 14.0. The molecule has 0 spiro atoms. The van der Waals surface area contributed by atoms with Crippen molar-refractivity contribution in [1.82, 2.24) is 9.62 Å². The zero-order chi connectivity index (χ0) is 18.9. The van der Waals surface area contributed by atoms with Crippen LogP contribution in [0, 0.1) is 6.92 Å². The van der Waals surface area contributed by atoms with Crippen molar-refractivity contribution in [3.63, 3.8) is 0 Å². The number of halogens is 3. The van der Waals surface area contributed by atoms with Crippen molar-refractivity contribution in [2.24, 2.45) is 0 Å². The molecule has 0 saturated carbocycles. The van der Waals surface area contributed by atoms with Crippen LogP contribution >= 0.6 is 0 Å². The van der Waals surface area contributed by atoms with Gasteiger partial charge in [-0.15, -0.1) is 0 Å². The number of hydrogen-bond acceptors (Lipinski definition) is 3. The summed E-state index contributed by atoms with van der Waals surface area (Å²) in [5.74, 6) is 0. The van der Waals surface area contributed by atoms with E-state index in [9.17, 15) is 21.6 Å². The molecule has 1 atom stereocenters. The first-order valence-corrected chi connectivity index (χ1v) is 9.87. The summed E-state index contributed by atoms with van der Waals surface area (Å²) in [6.45, 7) is 5.58. The zero-order valence-electron chi connectivity index (χ0n) is 14.7. The molecule has 1 fully saturated rings. The van der Waals surface area contributed by atoms with E-state index in [0.29, 0.717) is 19.4 Å². The molecule has 1 saturated heterocycles. The van der Waals surface area contributed by atoms with Crippen LogP contribution in [0.1, 0.15) is 38.7 Å². The molecule has 1 aliphatic rings. The third kappa shape index (κ3) is 4.54. The van der Waals surface area contributed by atoms with E-state index in [0.717, 1.165) is 5.56 Å². The molecule has 1 aliphatic heterocycles. The third-order valence-corrected chi connectivity index (χ3v) is 6.26. The summed E-state index contributed by atoms with van der Waals surface area (Å²) in [5, 5.41) is 0. The summed E-state index contributed by atoms with van der Waals surface area (Å²) in [4.78, 5) is 1.54. The highest BCUT2D eigenvalue weighted by Crippen LogP contribution is 2.38.